The smallest absolute Gasteiger partial charge is 0.129 e. The maximum absolute atomic E-state index is 5.70. The average Bonchev–Trinajstić information content (AvgIpc) is 2.20. The van der Waals surface area contributed by atoms with Crippen molar-refractivity contribution >= 4 is 21.7 Å². The van der Waals surface area contributed by atoms with Gasteiger partial charge in [-0.3, -0.25) is 0 Å². The van der Waals surface area contributed by atoms with Gasteiger partial charge < -0.3 is 10.6 Å². The molecule has 1 aromatic rings. The van der Waals surface area contributed by atoms with Gasteiger partial charge in [0.15, 0.2) is 0 Å². The van der Waals surface area contributed by atoms with Crippen LogP contribution in [0.5, 0.6) is 0 Å². The maximum atomic E-state index is 5.70. The van der Waals surface area contributed by atoms with E-state index < -0.39 is 0 Å². The predicted molar refractivity (Wildman–Crippen MR) is 68.1 cm³/mol. The minimum absolute atomic E-state index is 0.304. The van der Waals surface area contributed by atoms with Crippen LogP contribution in [-0.2, 0) is 0 Å². The van der Waals surface area contributed by atoms with Crippen LogP contribution in [0.25, 0.3) is 0 Å². The Hall–Kier alpha value is -0.610. The van der Waals surface area contributed by atoms with Gasteiger partial charge in [-0.2, -0.15) is 0 Å². The van der Waals surface area contributed by atoms with Crippen LogP contribution in [0.3, 0.4) is 0 Å². The van der Waals surface area contributed by atoms with Crippen LogP contribution in [0, 0.1) is 0 Å². The van der Waals surface area contributed by atoms with Crippen molar-refractivity contribution in [1.82, 2.24) is 4.98 Å². The molecule has 0 amide bonds. The number of hydrogen-bond donors (Lipinski definition) is 1. The number of pyridine rings is 1. The molecule has 0 aliphatic rings. The molecule has 0 saturated heterocycles. The number of aromatic nitrogens is 1. The van der Waals surface area contributed by atoms with Crippen LogP contribution < -0.4 is 10.6 Å². The Kier molecular flexibility index (Phi) is 4.54. The molecule has 1 unspecified atom stereocenters. The van der Waals surface area contributed by atoms with E-state index in [0.717, 1.165) is 10.3 Å². The van der Waals surface area contributed by atoms with Gasteiger partial charge >= 0.3 is 0 Å². The SMILES string of the molecule is CC(C)N(c1ccc(Br)cn1)C(C)CN. The van der Waals surface area contributed by atoms with Crippen LogP contribution in [0.2, 0.25) is 0 Å². The zero-order chi connectivity index (χ0) is 11.4. The van der Waals surface area contributed by atoms with Crippen molar-refractivity contribution in [3.05, 3.63) is 22.8 Å². The van der Waals surface area contributed by atoms with E-state index in [-0.39, 0.29) is 0 Å². The maximum Gasteiger partial charge on any atom is 0.129 e. The summed E-state index contributed by atoms with van der Waals surface area (Å²) >= 11 is 3.38. The molecule has 0 fully saturated rings. The molecule has 4 heteroatoms. The highest BCUT2D eigenvalue weighted by Crippen LogP contribution is 2.19. The van der Waals surface area contributed by atoms with Gasteiger partial charge in [0.05, 0.1) is 0 Å². The quantitative estimate of drug-likeness (QED) is 0.915. The van der Waals surface area contributed by atoms with Crippen molar-refractivity contribution in [1.29, 1.82) is 0 Å². The molecule has 15 heavy (non-hydrogen) atoms. The molecule has 1 heterocycles. The molecule has 0 aliphatic heterocycles. The summed E-state index contributed by atoms with van der Waals surface area (Å²) in [5.41, 5.74) is 5.70. The molecule has 1 aromatic heterocycles. The minimum Gasteiger partial charge on any atom is -0.350 e. The molecule has 0 spiro atoms. The Labute approximate surface area is 99.8 Å². The Morgan fingerprint density at radius 3 is 2.47 bits per heavy atom. The van der Waals surface area contributed by atoms with E-state index in [9.17, 15) is 0 Å². The van der Waals surface area contributed by atoms with Crippen molar-refractivity contribution in [2.24, 2.45) is 5.73 Å². The summed E-state index contributed by atoms with van der Waals surface area (Å²) < 4.78 is 0.996. The molecule has 1 atom stereocenters. The lowest BCUT2D eigenvalue weighted by Gasteiger charge is -2.33. The number of rotatable bonds is 4. The van der Waals surface area contributed by atoms with Gasteiger partial charge in [0, 0.05) is 29.3 Å². The van der Waals surface area contributed by atoms with Crippen molar-refractivity contribution in [2.75, 3.05) is 11.4 Å². The summed E-state index contributed by atoms with van der Waals surface area (Å²) in [5.74, 6) is 0.978. The Balaban J connectivity index is 2.94. The first-order chi connectivity index (χ1) is 7.06. The second-order valence-corrected chi connectivity index (χ2v) is 4.84. The van der Waals surface area contributed by atoms with E-state index in [0.29, 0.717) is 18.6 Å². The zero-order valence-electron chi connectivity index (χ0n) is 9.44. The van der Waals surface area contributed by atoms with Crippen molar-refractivity contribution in [3.8, 4) is 0 Å². The van der Waals surface area contributed by atoms with E-state index in [1.165, 1.54) is 0 Å². The highest BCUT2D eigenvalue weighted by atomic mass is 79.9. The number of nitrogens with zero attached hydrogens (tertiary/aromatic N) is 2. The third-order valence-corrected chi connectivity index (χ3v) is 2.82. The first-order valence-corrected chi connectivity index (χ1v) is 5.95. The Morgan fingerprint density at radius 1 is 1.40 bits per heavy atom. The standard InChI is InChI=1S/C11H18BrN3/c1-8(2)15(9(3)6-13)11-5-4-10(12)7-14-11/h4-5,7-9H,6,13H2,1-3H3. The molecular formula is C11H18BrN3. The summed E-state index contributed by atoms with van der Waals surface area (Å²) in [7, 11) is 0. The first kappa shape index (κ1) is 12.5. The fourth-order valence-corrected chi connectivity index (χ4v) is 1.87. The van der Waals surface area contributed by atoms with E-state index in [4.69, 9.17) is 5.73 Å². The largest absolute Gasteiger partial charge is 0.350 e. The van der Waals surface area contributed by atoms with Crippen molar-refractivity contribution in [2.45, 2.75) is 32.9 Å². The summed E-state index contributed by atoms with van der Waals surface area (Å²) in [5, 5.41) is 0. The average molecular weight is 272 g/mol. The van der Waals surface area contributed by atoms with E-state index in [1.54, 1.807) is 0 Å². The second kappa shape index (κ2) is 5.47. The van der Waals surface area contributed by atoms with Crippen molar-refractivity contribution < 1.29 is 0 Å². The number of halogens is 1. The van der Waals surface area contributed by atoms with Gasteiger partial charge in [0.1, 0.15) is 5.82 Å². The van der Waals surface area contributed by atoms with Gasteiger partial charge in [-0.25, -0.2) is 4.98 Å². The molecule has 0 bridgehead atoms. The molecule has 0 aliphatic carbocycles. The first-order valence-electron chi connectivity index (χ1n) is 5.16. The number of hydrogen-bond acceptors (Lipinski definition) is 3. The summed E-state index contributed by atoms with van der Waals surface area (Å²) in [6.07, 6.45) is 1.81. The van der Waals surface area contributed by atoms with Crippen LogP contribution in [0.15, 0.2) is 22.8 Å². The fourth-order valence-electron chi connectivity index (χ4n) is 1.63. The normalized spacial score (nSPS) is 12.9. The van der Waals surface area contributed by atoms with Crippen LogP contribution in [-0.4, -0.2) is 23.6 Å². The van der Waals surface area contributed by atoms with Crippen LogP contribution in [0.1, 0.15) is 20.8 Å². The molecule has 3 nitrogen and oxygen atoms in total. The lowest BCUT2D eigenvalue weighted by Crippen LogP contribution is -2.43. The fraction of sp³-hybridized carbons (Fsp3) is 0.545. The lowest BCUT2D eigenvalue weighted by atomic mass is 10.2. The van der Waals surface area contributed by atoms with E-state index >= 15 is 0 Å². The van der Waals surface area contributed by atoms with Gasteiger partial charge in [0.2, 0.25) is 0 Å². The summed E-state index contributed by atoms with van der Waals surface area (Å²) in [6, 6.07) is 4.72. The predicted octanol–water partition coefficient (Wildman–Crippen LogP) is 2.41. The highest BCUT2D eigenvalue weighted by Gasteiger charge is 2.17. The summed E-state index contributed by atoms with van der Waals surface area (Å²) in [6.45, 7) is 7.05. The molecule has 0 saturated carbocycles. The lowest BCUT2D eigenvalue weighted by molar-refractivity contribution is 0.574. The molecule has 1 rings (SSSR count). The van der Waals surface area contributed by atoms with Gasteiger partial charge in [-0.05, 0) is 48.8 Å². The third-order valence-electron chi connectivity index (χ3n) is 2.35. The zero-order valence-corrected chi connectivity index (χ0v) is 11.0. The minimum atomic E-state index is 0.304. The monoisotopic (exact) mass is 271 g/mol. The molecule has 84 valence electrons. The van der Waals surface area contributed by atoms with Gasteiger partial charge in [-0.15, -0.1) is 0 Å². The molecular weight excluding hydrogens is 254 g/mol. The van der Waals surface area contributed by atoms with Crippen LogP contribution in [0.4, 0.5) is 5.82 Å². The number of nitrogens with two attached hydrogens (primary N) is 1. The van der Waals surface area contributed by atoms with E-state index in [1.807, 2.05) is 18.3 Å². The third kappa shape index (κ3) is 3.18. The molecule has 2 N–H and O–H groups in total. The number of anilines is 1. The second-order valence-electron chi connectivity index (χ2n) is 3.92. The van der Waals surface area contributed by atoms with Crippen LogP contribution >= 0.6 is 15.9 Å². The Morgan fingerprint density at radius 2 is 2.07 bits per heavy atom. The van der Waals surface area contributed by atoms with Gasteiger partial charge in [-0.1, -0.05) is 0 Å². The molecule has 0 radical (unpaired) electrons. The van der Waals surface area contributed by atoms with Crippen molar-refractivity contribution in [3.63, 3.8) is 0 Å². The topological polar surface area (TPSA) is 42.2 Å². The molecule has 0 aromatic carbocycles. The summed E-state index contributed by atoms with van der Waals surface area (Å²) in [4.78, 5) is 6.62. The Bertz CT molecular complexity index is 297. The highest BCUT2D eigenvalue weighted by molar-refractivity contribution is 9.10. The van der Waals surface area contributed by atoms with E-state index in [2.05, 4.69) is 46.6 Å². The van der Waals surface area contributed by atoms with Gasteiger partial charge in [0.25, 0.3) is 0 Å².